The van der Waals surface area contributed by atoms with Crippen molar-refractivity contribution in [3.8, 4) is 10.7 Å². The number of anilines is 1. The number of H-pyrrole nitrogens is 1. The van der Waals surface area contributed by atoms with E-state index in [1.165, 1.54) is 23.1 Å². The lowest BCUT2D eigenvalue weighted by Gasteiger charge is -2.06. The molecule has 148 valence electrons. The van der Waals surface area contributed by atoms with Crippen LogP contribution in [0.1, 0.15) is 34.6 Å². The maximum atomic E-state index is 12.4. The molecular formula is C18H20N4O3S3. The Bertz CT molecular complexity index is 963. The van der Waals surface area contributed by atoms with E-state index < -0.39 is 5.97 Å². The molecule has 0 aliphatic carbocycles. The van der Waals surface area contributed by atoms with Gasteiger partial charge in [-0.05, 0) is 37.3 Å². The van der Waals surface area contributed by atoms with Gasteiger partial charge >= 0.3 is 5.97 Å². The number of carbonyl (C=O) groups is 2. The molecule has 10 heteroatoms. The number of aryl methyl sites for hydroxylation is 1. The molecule has 0 radical (unpaired) electrons. The van der Waals surface area contributed by atoms with Gasteiger partial charge in [0, 0.05) is 4.88 Å². The summed E-state index contributed by atoms with van der Waals surface area (Å²) in [6.45, 7) is 5.95. The van der Waals surface area contributed by atoms with Crippen LogP contribution in [0.25, 0.3) is 10.7 Å². The Morgan fingerprint density at radius 3 is 2.86 bits per heavy atom. The van der Waals surface area contributed by atoms with Gasteiger partial charge in [0.1, 0.15) is 5.00 Å². The predicted molar refractivity (Wildman–Crippen MR) is 113 cm³/mol. The van der Waals surface area contributed by atoms with Crippen LogP contribution in [0.5, 0.6) is 0 Å². The summed E-state index contributed by atoms with van der Waals surface area (Å²) in [6.07, 6.45) is 0.788. The van der Waals surface area contributed by atoms with Crippen LogP contribution in [-0.2, 0) is 16.0 Å². The minimum Gasteiger partial charge on any atom is -0.462 e. The van der Waals surface area contributed by atoms with Crippen LogP contribution in [0, 0.1) is 6.92 Å². The van der Waals surface area contributed by atoms with Crippen molar-refractivity contribution in [2.24, 2.45) is 0 Å². The molecule has 0 atom stereocenters. The second-order valence-corrected chi connectivity index (χ2v) is 8.70. The zero-order chi connectivity index (χ0) is 20.1. The van der Waals surface area contributed by atoms with Gasteiger partial charge in [0.05, 0.1) is 22.8 Å². The minimum atomic E-state index is -0.409. The van der Waals surface area contributed by atoms with Crippen LogP contribution >= 0.6 is 34.4 Å². The average molecular weight is 437 g/mol. The molecule has 0 aliphatic rings. The third kappa shape index (κ3) is 4.62. The lowest BCUT2D eigenvalue weighted by molar-refractivity contribution is -0.113. The van der Waals surface area contributed by atoms with Crippen molar-refractivity contribution >= 4 is 51.3 Å². The number of carbonyl (C=O) groups excluding carboxylic acids is 2. The zero-order valence-electron chi connectivity index (χ0n) is 15.7. The normalized spacial score (nSPS) is 10.8. The van der Waals surface area contributed by atoms with E-state index in [4.69, 9.17) is 4.74 Å². The first-order valence-electron chi connectivity index (χ1n) is 8.71. The molecule has 28 heavy (non-hydrogen) atoms. The number of rotatable bonds is 8. The van der Waals surface area contributed by atoms with Gasteiger partial charge in [0.15, 0.2) is 5.82 Å². The van der Waals surface area contributed by atoms with E-state index in [0.717, 1.165) is 21.7 Å². The lowest BCUT2D eigenvalue weighted by atomic mass is 10.1. The molecule has 3 heterocycles. The van der Waals surface area contributed by atoms with Crippen LogP contribution in [0.2, 0.25) is 0 Å². The third-order valence-corrected chi connectivity index (χ3v) is 6.93. The zero-order valence-corrected chi connectivity index (χ0v) is 18.1. The van der Waals surface area contributed by atoms with Crippen molar-refractivity contribution in [2.75, 3.05) is 17.7 Å². The molecule has 0 bridgehead atoms. The molecule has 0 spiro atoms. The number of ether oxygens (including phenoxy) is 1. The van der Waals surface area contributed by atoms with Gasteiger partial charge in [-0.2, -0.15) is 0 Å². The highest BCUT2D eigenvalue weighted by atomic mass is 32.2. The molecule has 3 aromatic heterocycles. The van der Waals surface area contributed by atoms with Crippen molar-refractivity contribution in [3.05, 3.63) is 33.5 Å². The Morgan fingerprint density at radius 1 is 1.36 bits per heavy atom. The van der Waals surface area contributed by atoms with E-state index in [-0.39, 0.29) is 18.3 Å². The highest BCUT2D eigenvalue weighted by Crippen LogP contribution is 2.34. The Labute approximate surface area is 174 Å². The van der Waals surface area contributed by atoms with Crippen molar-refractivity contribution in [3.63, 3.8) is 0 Å². The van der Waals surface area contributed by atoms with Gasteiger partial charge in [-0.15, -0.1) is 27.8 Å². The third-order valence-electron chi connectivity index (χ3n) is 3.85. The Balaban J connectivity index is 1.65. The fourth-order valence-corrected chi connectivity index (χ4v) is 4.97. The highest BCUT2D eigenvalue weighted by Gasteiger charge is 2.23. The van der Waals surface area contributed by atoms with Crippen LogP contribution in [0.3, 0.4) is 0 Å². The molecule has 0 saturated heterocycles. The fraction of sp³-hybridized carbons (Fsp3) is 0.333. The monoisotopic (exact) mass is 436 g/mol. The number of thioether (sulfide) groups is 1. The van der Waals surface area contributed by atoms with Gasteiger partial charge in [0.25, 0.3) is 0 Å². The van der Waals surface area contributed by atoms with Gasteiger partial charge in [0.2, 0.25) is 11.1 Å². The van der Waals surface area contributed by atoms with Gasteiger partial charge in [-0.1, -0.05) is 24.8 Å². The van der Waals surface area contributed by atoms with E-state index >= 15 is 0 Å². The van der Waals surface area contributed by atoms with Crippen LogP contribution in [0.15, 0.2) is 22.7 Å². The van der Waals surface area contributed by atoms with Gasteiger partial charge in [-0.3, -0.25) is 9.89 Å². The van der Waals surface area contributed by atoms with Crippen LogP contribution in [-0.4, -0.2) is 39.4 Å². The standard InChI is InChI=1S/C18H20N4O3S3/c1-4-11-10(3)14(17(24)25-5-2)16(28-11)19-13(23)9-27-18-20-15(21-22-18)12-7-6-8-26-12/h6-8H,4-5,9H2,1-3H3,(H,19,23)(H,20,21,22). The number of amides is 1. The average Bonchev–Trinajstić information content (AvgIpc) is 3.40. The number of hydrogen-bond donors (Lipinski definition) is 2. The second kappa shape index (κ2) is 9.35. The van der Waals surface area contributed by atoms with E-state index in [1.807, 2.05) is 31.4 Å². The maximum Gasteiger partial charge on any atom is 0.341 e. The number of nitrogens with one attached hydrogen (secondary N) is 2. The summed E-state index contributed by atoms with van der Waals surface area (Å²) in [5.74, 6) is 0.196. The molecular weight excluding hydrogens is 416 g/mol. The summed E-state index contributed by atoms with van der Waals surface area (Å²) in [7, 11) is 0. The fourth-order valence-electron chi connectivity index (χ4n) is 2.56. The van der Waals surface area contributed by atoms with Crippen molar-refractivity contribution < 1.29 is 14.3 Å². The molecule has 1 amide bonds. The second-order valence-electron chi connectivity index (χ2n) is 5.71. The van der Waals surface area contributed by atoms with Crippen molar-refractivity contribution in [2.45, 2.75) is 32.3 Å². The molecule has 0 saturated carbocycles. The summed E-state index contributed by atoms with van der Waals surface area (Å²) in [4.78, 5) is 31.2. The van der Waals surface area contributed by atoms with E-state index in [9.17, 15) is 9.59 Å². The quantitative estimate of drug-likeness (QED) is 0.402. The molecule has 0 fully saturated rings. The minimum absolute atomic E-state index is 0.141. The van der Waals surface area contributed by atoms with Crippen LogP contribution in [0.4, 0.5) is 5.00 Å². The molecule has 0 aromatic carbocycles. The summed E-state index contributed by atoms with van der Waals surface area (Å²) < 4.78 is 5.14. The summed E-state index contributed by atoms with van der Waals surface area (Å²) in [5.41, 5.74) is 1.31. The Kier molecular flexibility index (Phi) is 6.87. The molecule has 3 aromatic rings. The van der Waals surface area contributed by atoms with E-state index in [0.29, 0.717) is 21.5 Å². The summed E-state index contributed by atoms with van der Waals surface area (Å²) in [6, 6.07) is 3.89. The number of aromatic amines is 1. The molecule has 0 unspecified atom stereocenters. The lowest BCUT2D eigenvalue weighted by Crippen LogP contribution is -2.16. The van der Waals surface area contributed by atoms with E-state index in [1.54, 1.807) is 18.3 Å². The first kappa shape index (κ1) is 20.6. The highest BCUT2D eigenvalue weighted by molar-refractivity contribution is 7.99. The largest absolute Gasteiger partial charge is 0.462 e. The number of esters is 1. The SMILES string of the molecule is CCOC(=O)c1c(NC(=O)CSc2n[nH]c(-c3cccs3)n2)sc(CC)c1C. The predicted octanol–water partition coefficient (Wildman–Crippen LogP) is 4.37. The smallest absolute Gasteiger partial charge is 0.341 e. The number of nitrogens with zero attached hydrogens (tertiary/aromatic N) is 2. The van der Waals surface area contributed by atoms with Crippen molar-refractivity contribution in [1.82, 2.24) is 15.2 Å². The first-order valence-corrected chi connectivity index (χ1v) is 11.4. The molecule has 7 nitrogen and oxygen atoms in total. The number of thiophene rings is 2. The van der Waals surface area contributed by atoms with Gasteiger partial charge < -0.3 is 10.1 Å². The molecule has 2 N–H and O–H groups in total. The van der Waals surface area contributed by atoms with Crippen LogP contribution < -0.4 is 5.32 Å². The molecule has 0 aliphatic heterocycles. The number of hydrogen-bond acceptors (Lipinski definition) is 8. The maximum absolute atomic E-state index is 12.4. The topological polar surface area (TPSA) is 97.0 Å². The Hall–Kier alpha value is -2.17. The van der Waals surface area contributed by atoms with Gasteiger partial charge in [-0.25, -0.2) is 9.78 Å². The van der Waals surface area contributed by atoms with Crippen molar-refractivity contribution in [1.29, 1.82) is 0 Å². The Morgan fingerprint density at radius 2 is 2.18 bits per heavy atom. The molecule has 3 rings (SSSR count). The number of aromatic nitrogens is 3. The summed E-state index contributed by atoms with van der Waals surface area (Å²) in [5, 5.41) is 12.9. The van der Waals surface area contributed by atoms with E-state index in [2.05, 4.69) is 20.5 Å². The summed E-state index contributed by atoms with van der Waals surface area (Å²) >= 11 is 4.21. The first-order chi connectivity index (χ1) is 13.5.